The van der Waals surface area contributed by atoms with Crippen molar-refractivity contribution in [3.8, 4) is 0 Å². The van der Waals surface area contributed by atoms with E-state index in [1.54, 1.807) is 0 Å². The molecule has 0 rings (SSSR count). The van der Waals surface area contributed by atoms with Crippen molar-refractivity contribution in [1.82, 2.24) is 0 Å². The molecular weight excluding hydrogens is 527 g/mol. The van der Waals surface area contributed by atoms with Crippen LogP contribution in [-0.4, -0.2) is 65.7 Å². The number of phosphoric acid groups is 1. The van der Waals surface area contributed by atoms with Crippen LogP contribution in [0.25, 0.3) is 0 Å². The van der Waals surface area contributed by atoms with Gasteiger partial charge >= 0.3 is 19.8 Å². The van der Waals surface area contributed by atoms with E-state index in [1.165, 1.54) is 0 Å². The normalized spacial score (nSPS) is 15.3. The molecule has 0 saturated heterocycles. The Hall–Kier alpha value is -2.07. The highest BCUT2D eigenvalue weighted by atomic mass is 31.2. The van der Waals surface area contributed by atoms with Crippen LogP contribution in [0.3, 0.4) is 0 Å². The predicted molar refractivity (Wildman–Crippen MR) is 150 cm³/mol. The van der Waals surface area contributed by atoms with Crippen molar-refractivity contribution in [2.24, 2.45) is 0 Å². The first-order valence-electron chi connectivity index (χ1n) is 13.6. The topological polar surface area (TPSA) is 149 Å². The van der Waals surface area contributed by atoms with Gasteiger partial charge in [-0.25, -0.2) is 4.57 Å². The molecule has 11 heteroatoms. The summed E-state index contributed by atoms with van der Waals surface area (Å²) in [5.41, 5.74) is 0. The third kappa shape index (κ3) is 24.7. The zero-order valence-corrected chi connectivity index (χ0v) is 24.2. The van der Waals surface area contributed by atoms with Crippen molar-refractivity contribution in [1.29, 1.82) is 0 Å². The number of carbonyl (C=O) groups excluding carboxylic acids is 2. The number of aliphatic hydroxyl groups is 2. The Morgan fingerprint density at radius 3 is 1.97 bits per heavy atom. The first kappa shape index (κ1) is 36.9. The molecule has 0 saturated carbocycles. The Morgan fingerprint density at radius 2 is 1.38 bits per heavy atom. The number of unbranched alkanes of at least 4 members (excludes halogenated alkanes) is 2. The van der Waals surface area contributed by atoms with Gasteiger partial charge in [0, 0.05) is 12.8 Å². The minimum Gasteiger partial charge on any atom is -0.462 e. The number of rotatable bonds is 24. The van der Waals surface area contributed by atoms with Crippen LogP contribution < -0.4 is 0 Å². The molecule has 0 radical (unpaired) electrons. The molecule has 3 atom stereocenters. The second-order valence-corrected chi connectivity index (χ2v) is 10.1. The molecule has 0 aliphatic heterocycles. The molecule has 0 aliphatic rings. The first-order valence-corrected chi connectivity index (χ1v) is 15.1. The maximum atomic E-state index is 12.3. The first-order chi connectivity index (χ1) is 18.7. The van der Waals surface area contributed by atoms with E-state index in [-0.39, 0.29) is 19.4 Å². The van der Waals surface area contributed by atoms with Gasteiger partial charge < -0.3 is 24.6 Å². The van der Waals surface area contributed by atoms with Crippen molar-refractivity contribution in [3.05, 3.63) is 48.6 Å². The highest BCUT2D eigenvalue weighted by Gasteiger charge is 2.27. The largest absolute Gasteiger partial charge is 0.472 e. The fraction of sp³-hybridized carbons (Fsp3) is 0.643. The van der Waals surface area contributed by atoms with E-state index in [1.807, 2.05) is 25.2 Å². The number of hydrogen-bond donors (Lipinski definition) is 3. The van der Waals surface area contributed by atoms with Crippen LogP contribution in [0.1, 0.15) is 78.1 Å². The molecule has 0 heterocycles. The maximum absolute atomic E-state index is 12.3. The van der Waals surface area contributed by atoms with Gasteiger partial charge in [0.15, 0.2) is 6.10 Å². The highest BCUT2D eigenvalue weighted by Crippen LogP contribution is 2.43. The van der Waals surface area contributed by atoms with E-state index in [4.69, 9.17) is 19.1 Å². The number of phosphoric ester groups is 1. The number of ether oxygens (including phenoxy) is 2. The monoisotopic (exact) mass is 574 g/mol. The van der Waals surface area contributed by atoms with Crippen LogP contribution in [-0.2, 0) is 32.7 Å². The number of allylic oxidation sites excluding steroid dienone is 8. The molecule has 0 fully saturated rings. The quantitative estimate of drug-likeness (QED) is 0.0616. The Balaban J connectivity index is 4.58. The zero-order valence-electron chi connectivity index (χ0n) is 23.3. The van der Waals surface area contributed by atoms with E-state index in [2.05, 4.69) is 41.8 Å². The van der Waals surface area contributed by atoms with Crippen LogP contribution in [0.5, 0.6) is 0 Å². The van der Waals surface area contributed by atoms with Crippen molar-refractivity contribution in [2.45, 2.75) is 90.3 Å². The molecule has 39 heavy (non-hydrogen) atoms. The average Bonchev–Trinajstić information content (AvgIpc) is 2.91. The summed E-state index contributed by atoms with van der Waals surface area (Å²) in [7, 11) is -4.60. The molecule has 0 spiro atoms. The lowest BCUT2D eigenvalue weighted by Gasteiger charge is -2.20. The van der Waals surface area contributed by atoms with Gasteiger partial charge in [-0.05, 0) is 38.5 Å². The number of esters is 2. The number of hydrogen-bond acceptors (Lipinski definition) is 9. The summed E-state index contributed by atoms with van der Waals surface area (Å²) >= 11 is 0. The molecule has 224 valence electrons. The zero-order chi connectivity index (χ0) is 29.2. The SMILES string of the molecule is CC/C=C\C/C=C\C/C=C\C/C=C\CCC(=O)OC(COC(=O)CCCCC)COP(=O)(O)OCC(O)CO. The molecule has 3 unspecified atom stereocenters. The molecule has 10 nitrogen and oxygen atoms in total. The van der Waals surface area contributed by atoms with Crippen LogP contribution in [0, 0.1) is 0 Å². The maximum Gasteiger partial charge on any atom is 0.472 e. The standard InChI is InChI=1S/C28H47O10P/c1-3-5-7-8-9-10-11-12-13-14-15-16-18-20-28(32)38-26(23-35-27(31)19-17-6-4-2)24-37-39(33,34)36-22-25(30)21-29/h5,7,9-10,12-13,15-16,25-26,29-30H,3-4,6,8,11,14,17-24H2,1-2H3,(H,33,34)/b7-5-,10-9-,13-12-,16-15-. The van der Waals surface area contributed by atoms with Gasteiger partial charge in [0.25, 0.3) is 0 Å². The average molecular weight is 575 g/mol. The predicted octanol–water partition coefficient (Wildman–Crippen LogP) is 5.09. The molecule has 0 bridgehead atoms. The van der Waals surface area contributed by atoms with E-state index < -0.39 is 51.8 Å². The molecule has 0 aromatic heterocycles. The molecular formula is C28H47O10P. The second-order valence-electron chi connectivity index (χ2n) is 8.69. The van der Waals surface area contributed by atoms with E-state index in [9.17, 15) is 24.2 Å². The third-order valence-corrected chi connectivity index (χ3v) is 5.96. The van der Waals surface area contributed by atoms with Crippen LogP contribution in [0.2, 0.25) is 0 Å². The summed E-state index contributed by atoms with van der Waals surface area (Å²) in [6.45, 7) is 1.91. The van der Waals surface area contributed by atoms with Gasteiger partial charge in [0.05, 0.1) is 19.8 Å². The Bertz CT molecular complexity index is 806. The van der Waals surface area contributed by atoms with Gasteiger partial charge in [-0.2, -0.15) is 0 Å². The molecule has 0 aromatic rings. The summed E-state index contributed by atoms with van der Waals surface area (Å²) in [5, 5.41) is 18.0. The number of aliphatic hydroxyl groups excluding tert-OH is 2. The smallest absolute Gasteiger partial charge is 0.462 e. The van der Waals surface area contributed by atoms with Gasteiger partial charge in [0.1, 0.15) is 12.7 Å². The minimum atomic E-state index is -4.60. The second kappa shape index (κ2) is 24.9. The van der Waals surface area contributed by atoms with Crippen LogP contribution in [0.15, 0.2) is 48.6 Å². The number of carbonyl (C=O) groups is 2. The lowest BCUT2D eigenvalue weighted by molar-refractivity contribution is -0.161. The van der Waals surface area contributed by atoms with Crippen LogP contribution >= 0.6 is 7.82 Å². The summed E-state index contributed by atoms with van der Waals surface area (Å²) in [6, 6.07) is 0. The summed E-state index contributed by atoms with van der Waals surface area (Å²) < 4.78 is 31.9. The van der Waals surface area contributed by atoms with Crippen molar-refractivity contribution in [2.75, 3.05) is 26.4 Å². The van der Waals surface area contributed by atoms with E-state index >= 15 is 0 Å². The molecule has 3 N–H and O–H groups in total. The summed E-state index contributed by atoms with van der Waals surface area (Å²) in [4.78, 5) is 34.0. The molecule has 0 aromatic carbocycles. The van der Waals surface area contributed by atoms with Crippen molar-refractivity contribution in [3.63, 3.8) is 0 Å². The Morgan fingerprint density at radius 1 is 0.795 bits per heavy atom. The van der Waals surface area contributed by atoms with E-state index in [0.29, 0.717) is 12.8 Å². The highest BCUT2D eigenvalue weighted by molar-refractivity contribution is 7.47. The van der Waals surface area contributed by atoms with Crippen molar-refractivity contribution >= 4 is 19.8 Å². The van der Waals surface area contributed by atoms with Gasteiger partial charge in [-0.1, -0.05) is 75.3 Å². The van der Waals surface area contributed by atoms with E-state index in [0.717, 1.165) is 38.5 Å². The Kier molecular flexibility index (Phi) is 23.6. The minimum absolute atomic E-state index is 0.0607. The summed E-state index contributed by atoms with van der Waals surface area (Å²) in [5.74, 6) is -1.06. The lowest BCUT2D eigenvalue weighted by atomic mass is 10.2. The third-order valence-electron chi connectivity index (χ3n) is 5.01. The Labute approximate surface area is 233 Å². The summed E-state index contributed by atoms with van der Waals surface area (Å²) in [6.07, 6.45) is 20.7. The van der Waals surface area contributed by atoms with Gasteiger partial charge in [-0.3, -0.25) is 18.6 Å². The van der Waals surface area contributed by atoms with Gasteiger partial charge in [0.2, 0.25) is 0 Å². The fourth-order valence-electron chi connectivity index (χ4n) is 2.88. The lowest BCUT2D eigenvalue weighted by Crippen LogP contribution is -2.29. The van der Waals surface area contributed by atoms with Crippen LogP contribution in [0.4, 0.5) is 0 Å². The molecule has 0 amide bonds. The van der Waals surface area contributed by atoms with Crippen molar-refractivity contribution < 1.29 is 47.8 Å². The fourth-order valence-corrected chi connectivity index (χ4v) is 3.67. The van der Waals surface area contributed by atoms with Gasteiger partial charge in [-0.15, -0.1) is 0 Å². The molecule has 0 aliphatic carbocycles.